The van der Waals surface area contributed by atoms with Gasteiger partial charge < -0.3 is 4.74 Å². The summed E-state index contributed by atoms with van der Waals surface area (Å²) < 4.78 is 6.07. The van der Waals surface area contributed by atoms with Crippen molar-refractivity contribution >= 4 is 10.9 Å². The molecular formula is C22H26N2O. The van der Waals surface area contributed by atoms with E-state index in [1.807, 2.05) is 24.3 Å². The highest BCUT2D eigenvalue weighted by Gasteiger charge is 2.16. The second kappa shape index (κ2) is 7.22. The van der Waals surface area contributed by atoms with Gasteiger partial charge in [-0.3, -0.25) is 0 Å². The zero-order chi connectivity index (χ0) is 17.9. The van der Waals surface area contributed by atoms with Crippen LogP contribution in [-0.2, 0) is 5.41 Å². The van der Waals surface area contributed by atoms with Crippen LogP contribution in [0.5, 0.6) is 5.88 Å². The Balaban J connectivity index is 1.76. The molecule has 0 amide bonds. The van der Waals surface area contributed by atoms with Gasteiger partial charge in [0.15, 0.2) is 0 Å². The molecule has 0 spiro atoms. The predicted molar refractivity (Wildman–Crippen MR) is 103 cm³/mol. The highest BCUT2D eigenvalue weighted by molar-refractivity contribution is 5.82. The Kier molecular flexibility index (Phi) is 5.03. The topological polar surface area (TPSA) is 35.0 Å². The number of benzene rings is 2. The van der Waals surface area contributed by atoms with Crippen LogP contribution >= 0.6 is 0 Å². The van der Waals surface area contributed by atoms with Gasteiger partial charge in [-0.1, -0.05) is 64.1 Å². The molecule has 3 aromatic rings. The molecule has 3 nitrogen and oxygen atoms in total. The van der Waals surface area contributed by atoms with E-state index in [2.05, 4.69) is 61.9 Å². The van der Waals surface area contributed by atoms with Crippen molar-refractivity contribution in [2.75, 3.05) is 6.61 Å². The van der Waals surface area contributed by atoms with Crippen molar-refractivity contribution in [2.45, 2.75) is 45.4 Å². The maximum atomic E-state index is 6.07. The fourth-order valence-electron chi connectivity index (χ4n) is 2.98. The summed E-state index contributed by atoms with van der Waals surface area (Å²) in [6, 6.07) is 16.9. The Morgan fingerprint density at radius 1 is 0.960 bits per heavy atom. The van der Waals surface area contributed by atoms with Gasteiger partial charge >= 0.3 is 0 Å². The van der Waals surface area contributed by atoms with Crippen LogP contribution in [0.1, 0.15) is 51.2 Å². The number of hydrogen-bond acceptors (Lipinski definition) is 3. The van der Waals surface area contributed by atoms with E-state index in [9.17, 15) is 0 Å². The molecule has 3 heteroatoms. The summed E-state index contributed by atoms with van der Waals surface area (Å²) in [4.78, 5) is 8.61. The highest BCUT2D eigenvalue weighted by Crippen LogP contribution is 2.27. The van der Waals surface area contributed by atoms with Crippen LogP contribution in [0.2, 0.25) is 0 Å². The maximum absolute atomic E-state index is 6.07. The molecule has 130 valence electrons. The summed E-state index contributed by atoms with van der Waals surface area (Å²) in [5.74, 6) is 1.01. The van der Waals surface area contributed by atoms with E-state index in [0.29, 0.717) is 18.4 Å². The average Bonchev–Trinajstić information content (AvgIpc) is 2.62. The summed E-state index contributed by atoms with van der Waals surface area (Å²) in [6.45, 7) is 9.53. The monoisotopic (exact) mass is 334 g/mol. The third kappa shape index (κ3) is 3.98. The van der Waals surface area contributed by atoms with E-state index in [0.717, 1.165) is 17.3 Å². The molecule has 0 bridgehead atoms. The molecule has 0 aliphatic carbocycles. The fourth-order valence-corrected chi connectivity index (χ4v) is 2.98. The first-order chi connectivity index (χ1) is 12.0. The lowest BCUT2D eigenvalue weighted by Gasteiger charge is -2.21. The summed E-state index contributed by atoms with van der Waals surface area (Å²) in [5, 5.41) is 0.961. The highest BCUT2D eigenvalue weighted by atomic mass is 16.5. The van der Waals surface area contributed by atoms with E-state index >= 15 is 0 Å². The van der Waals surface area contributed by atoms with Gasteiger partial charge in [0.25, 0.3) is 0 Å². The number of nitrogens with zero attached hydrogens (tertiary/aromatic N) is 2. The number of fused-ring (bicyclic) bond motifs is 1. The van der Waals surface area contributed by atoms with Crippen LogP contribution in [0.3, 0.4) is 0 Å². The predicted octanol–water partition coefficient (Wildman–Crippen LogP) is 5.50. The molecule has 0 saturated heterocycles. The molecule has 0 saturated carbocycles. The van der Waals surface area contributed by atoms with Crippen LogP contribution in [0.4, 0.5) is 0 Å². The Bertz CT molecular complexity index is 829. The molecule has 0 N–H and O–H groups in total. The van der Waals surface area contributed by atoms with Crippen LogP contribution in [0, 0.1) is 0 Å². The van der Waals surface area contributed by atoms with Crippen molar-refractivity contribution in [3.63, 3.8) is 0 Å². The van der Waals surface area contributed by atoms with Crippen molar-refractivity contribution in [3.05, 3.63) is 66.0 Å². The van der Waals surface area contributed by atoms with Crippen LogP contribution in [-0.4, -0.2) is 16.6 Å². The summed E-state index contributed by atoms with van der Waals surface area (Å²) in [5.41, 5.74) is 3.76. The molecular weight excluding hydrogens is 308 g/mol. The van der Waals surface area contributed by atoms with Gasteiger partial charge in [-0.15, -0.1) is 0 Å². The van der Waals surface area contributed by atoms with Crippen molar-refractivity contribution in [3.8, 4) is 5.88 Å². The number of rotatable bonds is 5. The molecule has 25 heavy (non-hydrogen) atoms. The first-order valence-electron chi connectivity index (χ1n) is 8.92. The summed E-state index contributed by atoms with van der Waals surface area (Å²) in [6.07, 6.45) is 2.59. The average molecular weight is 334 g/mol. The quantitative estimate of drug-likeness (QED) is 0.618. The SMILES string of the molecule is CCC(COc1ncnc2ccccc12)c1ccc(C(C)(C)C)cc1. The second-order valence-corrected chi connectivity index (χ2v) is 7.48. The molecule has 1 atom stereocenters. The fraction of sp³-hybridized carbons (Fsp3) is 0.364. The minimum Gasteiger partial charge on any atom is -0.476 e. The van der Waals surface area contributed by atoms with E-state index in [4.69, 9.17) is 4.74 Å². The second-order valence-electron chi connectivity index (χ2n) is 7.48. The molecule has 0 aliphatic heterocycles. The van der Waals surface area contributed by atoms with Gasteiger partial charge in [0.1, 0.15) is 6.33 Å². The normalized spacial score (nSPS) is 13.0. The Labute approximate surface area is 150 Å². The zero-order valence-electron chi connectivity index (χ0n) is 15.5. The molecule has 2 aromatic carbocycles. The largest absolute Gasteiger partial charge is 0.476 e. The van der Waals surface area contributed by atoms with Crippen molar-refractivity contribution in [1.82, 2.24) is 9.97 Å². The Hall–Kier alpha value is -2.42. The zero-order valence-corrected chi connectivity index (χ0v) is 15.5. The lowest BCUT2D eigenvalue weighted by molar-refractivity contribution is 0.277. The standard InChI is InChI=1S/C22H26N2O/c1-5-16(17-10-12-18(13-11-17)22(2,3)4)14-25-21-19-8-6-7-9-20(19)23-15-24-21/h6-13,15-16H,5,14H2,1-4H3. The van der Waals surface area contributed by atoms with Gasteiger partial charge in [-0.2, -0.15) is 0 Å². The van der Waals surface area contributed by atoms with Crippen molar-refractivity contribution < 1.29 is 4.74 Å². The number of hydrogen-bond donors (Lipinski definition) is 0. The van der Waals surface area contributed by atoms with Crippen LogP contribution in [0.25, 0.3) is 10.9 Å². The molecule has 3 rings (SSSR count). The molecule has 1 aromatic heterocycles. The summed E-state index contributed by atoms with van der Waals surface area (Å²) in [7, 11) is 0. The van der Waals surface area contributed by atoms with Crippen molar-refractivity contribution in [1.29, 1.82) is 0 Å². The van der Waals surface area contributed by atoms with Gasteiger partial charge in [0.2, 0.25) is 5.88 Å². The first kappa shape index (κ1) is 17.4. The lowest BCUT2D eigenvalue weighted by atomic mass is 9.85. The van der Waals surface area contributed by atoms with Gasteiger partial charge in [0.05, 0.1) is 17.5 Å². The number of ether oxygens (including phenoxy) is 1. The minimum atomic E-state index is 0.177. The van der Waals surface area contributed by atoms with E-state index in [-0.39, 0.29) is 5.41 Å². The summed E-state index contributed by atoms with van der Waals surface area (Å²) >= 11 is 0. The van der Waals surface area contributed by atoms with Gasteiger partial charge in [-0.05, 0) is 35.1 Å². The number of para-hydroxylation sites is 1. The van der Waals surface area contributed by atoms with Gasteiger partial charge in [-0.25, -0.2) is 9.97 Å². The molecule has 0 fully saturated rings. The van der Waals surface area contributed by atoms with Crippen molar-refractivity contribution in [2.24, 2.45) is 0 Å². The molecule has 1 unspecified atom stereocenters. The minimum absolute atomic E-state index is 0.177. The molecule has 0 aliphatic rings. The Morgan fingerprint density at radius 3 is 2.36 bits per heavy atom. The molecule has 1 heterocycles. The smallest absolute Gasteiger partial charge is 0.224 e. The molecule has 0 radical (unpaired) electrons. The third-order valence-corrected chi connectivity index (χ3v) is 4.67. The van der Waals surface area contributed by atoms with E-state index in [1.54, 1.807) is 6.33 Å². The van der Waals surface area contributed by atoms with Crippen LogP contribution < -0.4 is 4.74 Å². The van der Waals surface area contributed by atoms with E-state index in [1.165, 1.54) is 11.1 Å². The van der Waals surface area contributed by atoms with Gasteiger partial charge in [0, 0.05) is 5.92 Å². The Morgan fingerprint density at radius 2 is 1.68 bits per heavy atom. The third-order valence-electron chi connectivity index (χ3n) is 4.67. The first-order valence-corrected chi connectivity index (χ1v) is 8.92. The number of aromatic nitrogens is 2. The van der Waals surface area contributed by atoms with Crippen LogP contribution in [0.15, 0.2) is 54.9 Å². The lowest BCUT2D eigenvalue weighted by Crippen LogP contribution is -2.13. The van der Waals surface area contributed by atoms with E-state index < -0.39 is 0 Å². The maximum Gasteiger partial charge on any atom is 0.224 e.